The number of nitrogens with one attached hydrogen (secondary N) is 1. The molecule has 2 heterocycles. The highest BCUT2D eigenvalue weighted by Crippen LogP contribution is 2.27. The second-order valence-electron chi connectivity index (χ2n) is 4.97. The van der Waals surface area contributed by atoms with Crippen molar-refractivity contribution in [3.8, 4) is 5.88 Å². The molecule has 8 nitrogen and oxygen atoms in total. The number of carboxylic acid groups (broad SMARTS) is 1. The zero-order valence-electron chi connectivity index (χ0n) is 12.1. The van der Waals surface area contributed by atoms with Crippen molar-refractivity contribution in [2.45, 2.75) is 6.10 Å². The molecule has 1 aromatic carbocycles. The Balaban J connectivity index is 1.76. The van der Waals surface area contributed by atoms with Crippen LogP contribution in [0.1, 0.15) is 0 Å². The summed E-state index contributed by atoms with van der Waals surface area (Å²) in [5.41, 5.74) is 1.26. The lowest BCUT2D eigenvalue weighted by molar-refractivity contribution is -0.101. The van der Waals surface area contributed by atoms with Crippen LogP contribution in [0.4, 0.5) is 10.5 Å². The summed E-state index contributed by atoms with van der Waals surface area (Å²) < 4.78 is 18.2. The normalized spacial score (nSPS) is 18.3. The molecule has 118 valence electrons. The number of hydrogen-bond acceptors (Lipinski definition) is 5. The first kappa shape index (κ1) is 14.6. The van der Waals surface area contributed by atoms with Gasteiger partial charge in [0.1, 0.15) is 12.7 Å². The fourth-order valence-corrected chi connectivity index (χ4v) is 2.34. The van der Waals surface area contributed by atoms with Crippen LogP contribution in [0.25, 0.3) is 10.9 Å². The average Bonchev–Trinajstić information content (AvgIpc) is 2.82. The van der Waals surface area contributed by atoms with Crippen LogP contribution in [0.3, 0.4) is 0 Å². The number of benzene rings is 1. The van der Waals surface area contributed by atoms with E-state index >= 15 is 0 Å². The van der Waals surface area contributed by atoms with Crippen molar-refractivity contribution in [3.05, 3.63) is 18.2 Å². The van der Waals surface area contributed by atoms with Gasteiger partial charge < -0.3 is 19.3 Å². The predicted octanol–water partition coefficient (Wildman–Crippen LogP) is 1.46. The van der Waals surface area contributed by atoms with E-state index in [4.69, 9.17) is 19.3 Å². The largest absolute Gasteiger partial charge is 0.473 e. The summed E-state index contributed by atoms with van der Waals surface area (Å²) in [4.78, 5) is 10.7. The summed E-state index contributed by atoms with van der Waals surface area (Å²) in [5, 5.41) is 16.2. The molecule has 8 heteroatoms. The van der Waals surface area contributed by atoms with E-state index in [-0.39, 0.29) is 6.10 Å². The smallest absolute Gasteiger partial charge is 0.409 e. The van der Waals surface area contributed by atoms with Gasteiger partial charge in [0.05, 0.1) is 30.7 Å². The van der Waals surface area contributed by atoms with Crippen molar-refractivity contribution in [3.63, 3.8) is 0 Å². The van der Waals surface area contributed by atoms with E-state index in [0.717, 1.165) is 10.9 Å². The Kier molecular flexibility index (Phi) is 4.12. The van der Waals surface area contributed by atoms with Gasteiger partial charge in [-0.15, -0.1) is 5.10 Å². The Morgan fingerprint density at radius 3 is 3.14 bits per heavy atom. The molecule has 0 saturated carbocycles. The molecule has 1 unspecified atom stereocenters. The number of anilines is 1. The molecule has 0 spiro atoms. The SMILES string of the molecule is Cn1nc(OCC2COCCO2)c2ccc(NC(=O)O)cc21. The maximum absolute atomic E-state index is 10.7. The summed E-state index contributed by atoms with van der Waals surface area (Å²) in [6, 6.07) is 5.16. The summed E-state index contributed by atoms with van der Waals surface area (Å²) in [7, 11) is 1.78. The Labute approximate surface area is 126 Å². The molecule has 1 aromatic heterocycles. The lowest BCUT2D eigenvalue weighted by Crippen LogP contribution is -2.33. The summed E-state index contributed by atoms with van der Waals surface area (Å²) >= 11 is 0. The number of hydrogen-bond donors (Lipinski definition) is 2. The number of aromatic nitrogens is 2. The molecule has 22 heavy (non-hydrogen) atoms. The van der Waals surface area contributed by atoms with Gasteiger partial charge in [-0.3, -0.25) is 10.00 Å². The van der Waals surface area contributed by atoms with Crippen LogP contribution in [-0.2, 0) is 16.5 Å². The standard InChI is InChI=1S/C14H17N3O5/c1-17-12-6-9(15-14(18)19)2-3-11(12)13(16-17)22-8-10-7-20-4-5-21-10/h2-3,6,10,15H,4-5,7-8H2,1H3,(H,18,19). The first-order chi connectivity index (χ1) is 10.6. The molecular formula is C14H17N3O5. The maximum atomic E-state index is 10.7. The number of rotatable bonds is 4. The van der Waals surface area contributed by atoms with Crippen molar-refractivity contribution in [1.29, 1.82) is 0 Å². The molecule has 2 aromatic rings. The number of ether oxygens (including phenoxy) is 3. The Morgan fingerprint density at radius 1 is 1.55 bits per heavy atom. The highest BCUT2D eigenvalue weighted by atomic mass is 16.6. The van der Waals surface area contributed by atoms with Crippen molar-refractivity contribution in [2.24, 2.45) is 7.05 Å². The topological polar surface area (TPSA) is 94.8 Å². The van der Waals surface area contributed by atoms with Gasteiger partial charge >= 0.3 is 6.09 Å². The van der Waals surface area contributed by atoms with E-state index < -0.39 is 6.09 Å². The monoisotopic (exact) mass is 307 g/mol. The molecule has 1 saturated heterocycles. The molecule has 1 atom stereocenters. The van der Waals surface area contributed by atoms with Crippen molar-refractivity contribution >= 4 is 22.7 Å². The molecule has 1 aliphatic heterocycles. The van der Waals surface area contributed by atoms with Crippen LogP contribution in [-0.4, -0.2) is 53.5 Å². The lowest BCUT2D eigenvalue weighted by atomic mass is 10.2. The van der Waals surface area contributed by atoms with Crippen molar-refractivity contribution in [1.82, 2.24) is 9.78 Å². The van der Waals surface area contributed by atoms with Gasteiger partial charge in [-0.1, -0.05) is 0 Å². The minimum Gasteiger partial charge on any atom is -0.473 e. The summed E-state index contributed by atoms with van der Waals surface area (Å²) in [6.45, 7) is 2.06. The fraction of sp³-hybridized carbons (Fsp3) is 0.429. The Morgan fingerprint density at radius 2 is 2.41 bits per heavy atom. The fourth-order valence-electron chi connectivity index (χ4n) is 2.34. The molecule has 0 bridgehead atoms. The minimum absolute atomic E-state index is 0.0984. The quantitative estimate of drug-likeness (QED) is 0.888. The Hall–Kier alpha value is -2.32. The third kappa shape index (κ3) is 3.12. The highest BCUT2D eigenvalue weighted by Gasteiger charge is 2.17. The van der Waals surface area contributed by atoms with E-state index in [2.05, 4.69) is 10.4 Å². The van der Waals surface area contributed by atoms with Gasteiger partial charge in [0.2, 0.25) is 5.88 Å². The van der Waals surface area contributed by atoms with E-state index in [1.807, 2.05) is 0 Å². The third-order valence-corrected chi connectivity index (χ3v) is 3.36. The molecule has 1 amide bonds. The maximum Gasteiger partial charge on any atom is 0.409 e. The first-order valence-electron chi connectivity index (χ1n) is 6.92. The molecule has 0 radical (unpaired) electrons. The molecule has 2 N–H and O–H groups in total. The van der Waals surface area contributed by atoms with Crippen molar-refractivity contribution in [2.75, 3.05) is 31.7 Å². The van der Waals surface area contributed by atoms with Crippen LogP contribution in [0.2, 0.25) is 0 Å². The van der Waals surface area contributed by atoms with E-state index in [0.29, 0.717) is 38.0 Å². The third-order valence-electron chi connectivity index (χ3n) is 3.36. The van der Waals surface area contributed by atoms with Gasteiger partial charge in [-0.2, -0.15) is 0 Å². The van der Waals surface area contributed by atoms with E-state index in [1.165, 1.54) is 0 Å². The molecule has 1 aliphatic rings. The first-order valence-corrected chi connectivity index (χ1v) is 6.92. The lowest BCUT2D eigenvalue weighted by Gasteiger charge is -2.22. The number of nitrogens with zero attached hydrogens (tertiary/aromatic N) is 2. The second kappa shape index (κ2) is 6.20. The van der Waals surface area contributed by atoms with Crippen LogP contribution < -0.4 is 10.1 Å². The van der Waals surface area contributed by atoms with E-state index in [1.54, 1.807) is 29.9 Å². The highest BCUT2D eigenvalue weighted by molar-refractivity contribution is 5.91. The molecular weight excluding hydrogens is 290 g/mol. The van der Waals surface area contributed by atoms with Crippen LogP contribution in [0.15, 0.2) is 18.2 Å². The van der Waals surface area contributed by atoms with E-state index in [9.17, 15) is 4.79 Å². The van der Waals surface area contributed by atoms with Gasteiger partial charge in [0.25, 0.3) is 0 Å². The number of amides is 1. The second-order valence-corrected chi connectivity index (χ2v) is 4.97. The summed E-state index contributed by atoms with van der Waals surface area (Å²) in [6.07, 6.45) is -1.20. The average molecular weight is 307 g/mol. The molecule has 1 fully saturated rings. The summed E-state index contributed by atoms with van der Waals surface area (Å²) in [5.74, 6) is 0.494. The van der Waals surface area contributed by atoms with Crippen LogP contribution in [0, 0.1) is 0 Å². The number of fused-ring (bicyclic) bond motifs is 1. The predicted molar refractivity (Wildman–Crippen MR) is 78.4 cm³/mol. The van der Waals surface area contributed by atoms with Crippen LogP contribution in [0.5, 0.6) is 5.88 Å². The number of carbonyl (C=O) groups is 1. The van der Waals surface area contributed by atoms with Gasteiger partial charge in [0.15, 0.2) is 0 Å². The van der Waals surface area contributed by atoms with Crippen LogP contribution >= 0.6 is 0 Å². The van der Waals surface area contributed by atoms with Crippen molar-refractivity contribution < 1.29 is 24.1 Å². The number of aryl methyl sites for hydroxylation is 1. The molecule has 3 rings (SSSR count). The van der Waals surface area contributed by atoms with Gasteiger partial charge in [0, 0.05) is 12.7 Å². The van der Waals surface area contributed by atoms with Gasteiger partial charge in [-0.05, 0) is 18.2 Å². The minimum atomic E-state index is -1.10. The zero-order chi connectivity index (χ0) is 15.5. The zero-order valence-corrected chi connectivity index (χ0v) is 12.1. The Bertz CT molecular complexity index is 678. The molecule has 0 aliphatic carbocycles. The van der Waals surface area contributed by atoms with Gasteiger partial charge in [-0.25, -0.2) is 4.79 Å².